The van der Waals surface area contributed by atoms with Gasteiger partial charge in [0.05, 0.1) is 6.04 Å². The number of benzene rings is 1. The van der Waals surface area contributed by atoms with Gasteiger partial charge in [-0.15, -0.1) is 0 Å². The van der Waals surface area contributed by atoms with E-state index in [4.69, 9.17) is 5.73 Å². The molecule has 1 amide bonds. The van der Waals surface area contributed by atoms with Crippen LogP contribution in [0.1, 0.15) is 12.5 Å². The van der Waals surface area contributed by atoms with Gasteiger partial charge in [-0.2, -0.15) is 11.8 Å². The molecule has 2 aromatic rings. The molecule has 1 aromatic carbocycles. The lowest BCUT2D eigenvalue weighted by Crippen LogP contribution is -2.43. The van der Waals surface area contributed by atoms with Crippen molar-refractivity contribution in [3.8, 4) is 0 Å². The van der Waals surface area contributed by atoms with Crippen molar-refractivity contribution in [1.82, 2.24) is 10.3 Å². The highest BCUT2D eigenvalue weighted by Gasteiger charge is 2.16. The van der Waals surface area contributed by atoms with Crippen molar-refractivity contribution in [3.05, 3.63) is 36.0 Å². The van der Waals surface area contributed by atoms with Crippen molar-refractivity contribution in [2.75, 3.05) is 12.8 Å². The lowest BCUT2D eigenvalue weighted by atomic mass is 10.1. The number of aromatic nitrogens is 1. The maximum absolute atomic E-state index is 12.0. The standard InChI is InChI=1S/C15H21N3OS/c1-10(20-2)8-18-15(19)13(16)7-11-9-17-14-6-4-3-5-12(11)14/h3-6,9-10,13,17H,7-8,16H2,1-2H3,(H,18,19). The molecule has 5 heteroatoms. The highest BCUT2D eigenvalue weighted by Crippen LogP contribution is 2.18. The number of hydrogen-bond acceptors (Lipinski definition) is 3. The number of carbonyl (C=O) groups is 1. The molecule has 0 bridgehead atoms. The molecular formula is C15H21N3OS. The van der Waals surface area contributed by atoms with E-state index in [1.165, 1.54) is 0 Å². The van der Waals surface area contributed by atoms with Gasteiger partial charge in [0.1, 0.15) is 0 Å². The number of carbonyl (C=O) groups excluding carboxylic acids is 1. The van der Waals surface area contributed by atoms with Gasteiger partial charge in [0.2, 0.25) is 5.91 Å². The van der Waals surface area contributed by atoms with Crippen molar-refractivity contribution in [1.29, 1.82) is 0 Å². The van der Waals surface area contributed by atoms with Gasteiger partial charge >= 0.3 is 0 Å². The molecule has 4 N–H and O–H groups in total. The largest absolute Gasteiger partial charge is 0.361 e. The lowest BCUT2D eigenvalue weighted by molar-refractivity contribution is -0.122. The number of amides is 1. The zero-order valence-corrected chi connectivity index (χ0v) is 12.7. The number of nitrogens with one attached hydrogen (secondary N) is 2. The van der Waals surface area contributed by atoms with E-state index in [1.807, 2.05) is 36.7 Å². The molecule has 0 aliphatic carbocycles. The second-order valence-corrected chi connectivity index (χ2v) is 6.24. The summed E-state index contributed by atoms with van der Waals surface area (Å²) >= 11 is 1.73. The Labute approximate surface area is 123 Å². The van der Waals surface area contributed by atoms with Crippen LogP contribution in [0.25, 0.3) is 10.9 Å². The van der Waals surface area contributed by atoms with E-state index >= 15 is 0 Å². The van der Waals surface area contributed by atoms with Crippen LogP contribution < -0.4 is 11.1 Å². The van der Waals surface area contributed by atoms with Gasteiger partial charge in [0, 0.05) is 28.9 Å². The van der Waals surface area contributed by atoms with E-state index in [2.05, 4.69) is 17.2 Å². The third kappa shape index (κ3) is 3.55. The van der Waals surface area contributed by atoms with Gasteiger partial charge in [-0.05, 0) is 24.3 Å². The summed E-state index contributed by atoms with van der Waals surface area (Å²) in [4.78, 5) is 15.2. The van der Waals surface area contributed by atoms with Crippen molar-refractivity contribution >= 4 is 28.6 Å². The molecule has 0 aliphatic rings. The maximum atomic E-state index is 12.0. The SMILES string of the molecule is CSC(C)CNC(=O)C(N)Cc1c[nH]c2ccccc12. The monoisotopic (exact) mass is 291 g/mol. The fourth-order valence-corrected chi connectivity index (χ4v) is 2.34. The van der Waals surface area contributed by atoms with Crippen molar-refractivity contribution in [2.24, 2.45) is 5.73 Å². The van der Waals surface area contributed by atoms with Crippen LogP contribution in [0.4, 0.5) is 0 Å². The Morgan fingerprint density at radius 3 is 2.95 bits per heavy atom. The Morgan fingerprint density at radius 2 is 2.20 bits per heavy atom. The minimum Gasteiger partial charge on any atom is -0.361 e. The minimum absolute atomic E-state index is 0.0869. The van der Waals surface area contributed by atoms with Crippen LogP contribution in [0.2, 0.25) is 0 Å². The number of hydrogen-bond donors (Lipinski definition) is 3. The molecule has 4 nitrogen and oxygen atoms in total. The number of aromatic amines is 1. The van der Waals surface area contributed by atoms with Gasteiger partial charge in [-0.25, -0.2) is 0 Å². The summed E-state index contributed by atoms with van der Waals surface area (Å²) in [5, 5.41) is 4.43. The van der Waals surface area contributed by atoms with Gasteiger partial charge < -0.3 is 16.0 Å². The molecule has 0 saturated heterocycles. The average molecular weight is 291 g/mol. The zero-order chi connectivity index (χ0) is 14.5. The highest BCUT2D eigenvalue weighted by molar-refractivity contribution is 7.99. The van der Waals surface area contributed by atoms with Crippen LogP contribution >= 0.6 is 11.8 Å². The van der Waals surface area contributed by atoms with Crippen LogP contribution in [0.5, 0.6) is 0 Å². The molecule has 2 rings (SSSR count). The summed E-state index contributed by atoms with van der Waals surface area (Å²) in [7, 11) is 0. The summed E-state index contributed by atoms with van der Waals surface area (Å²) in [5.74, 6) is -0.0869. The summed E-state index contributed by atoms with van der Waals surface area (Å²) in [6.45, 7) is 2.73. The smallest absolute Gasteiger partial charge is 0.237 e. The molecule has 2 atom stereocenters. The van der Waals surface area contributed by atoms with Gasteiger partial charge in [-0.1, -0.05) is 25.1 Å². The molecule has 108 valence electrons. The molecule has 0 spiro atoms. The van der Waals surface area contributed by atoms with Crippen LogP contribution in [0, 0.1) is 0 Å². The molecule has 2 unspecified atom stereocenters. The van der Waals surface area contributed by atoms with E-state index in [0.29, 0.717) is 18.2 Å². The van der Waals surface area contributed by atoms with Crippen LogP contribution in [0.15, 0.2) is 30.5 Å². The predicted molar refractivity (Wildman–Crippen MR) is 86.0 cm³/mol. The molecule has 0 saturated carbocycles. The number of H-pyrrole nitrogens is 1. The summed E-state index contributed by atoms with van der Waals surface area (Å²) < 4.78 is 0. The fourth-order valence-electron chi connectivity index (χ4n) is 2.09. The van der Waals surface area contributed by atoms with Gasteiger partial charge in [-0.3, -0.25) is 4.79 Å². The Balaban J connectivity index is 1.97. The van der Waals surface area contributed by atoms with E-state index in [9.17, 15) is 4.79 Å². The number of nitrogens with two attached hydrogens (primary N) is 1. The first-order valence-corrected chi connectivity index (χ1v) is 8.01. The number of para-hydroxylation sites is 1. The third-order valence-corrected chi connectivity index (χ3v) is 4.39. The number of rotatable bonds is 6. The second kappa shape index (κ2) is 6.81. The predicted octanol–water partition coefficient (Wildman–Crippen LogP) is 1.91. The zero-order valence-electron chi connectivity index (χ0n) is 11.8. The average Bonchev–Trinajstić information content (AvgIpc) is 2.87. The van der Waals surface area contributed by atoms with E-state index in [0.717, 1.165) is 16.5 Å². The quantitative estimate of drug-likeness (QED) is 0.761. The van der Waals surface area contributed by atoms with Crippen LogP contribution in [0.3, 0.4) is 0 Å². The molecule has 0 radical (unpaired) electrons. The molecule has 20 heavy (non-hydrogen) atoms. The van der Waals surface area contributed by atoms with Gasteiger partial charge in [0.15, 0.2) is 0 Å². The Hall–Kier alpha value is -1.46. The van der Waals surface area contributed by atoms with Gasteiger partial charge in [0.25, 0.3) is 0 Å². The first kappa shape index (κ1) is 14.9. The summed E-state index contributed by atoms with van der Waals surface area (Å²) in [5.41, 5.74) is 8.15. The number of fused-ring (bicyclic) bond motifs is 1. The lowest BCUT2D eigenvalue weighted by Gasteiger charge is -2.14. The summed E-state index contributed by atoms with van der Waals surface area (Å²) in [6.07, 6.45) is 4.51. The Kier molecular flexibility index (Phi) is 5.09. The van der Waals surface area contributed by atoms with E-state index in [1.54, 1.807) is 11.8 Å². The fraction of sp³-hybridized carbons (Fsp3) is 0.400. The molecule has 1 heterocycles. The normalized spacial score (nSPS) is 14.2. The molecule has 1 aromatic heterocycles. The second-order valence-electron chi connectivity index (χ2n) is 4.96. The molecule has 0 fully saturated rings. The molecule has 0 aliphatic heterocycles. The molecular weight excluding hydrogens is 270 g/mol. The highest BCUT2D eigenvalue weighted by atomic mass is 32.2. The topological polar surface area (TPSA) is 70.9 Å². The van der Waals surface area contributed by atoms with Crippen molar-refractivity contribution in [3.63, 3.8) is 0 Å². The maximum Gasteiger partial charge on any atom is 0.237 e. The Morgan fingerprint density at radius 1 is 1.45 bits per heavy atom. The first-order valence-electron chi connectivity index (χ1n) is 6.73. The van der Waals surface area contributed by atoms with Crippen molar-refractivity contribution in [2.45, 2.75) is 24.6 Å². The van der Waals surface area contributed by atoms with Crippen molar-refractivity contribution < 1.29 is 4.79 Å². The number of thioether (sulfide) groups is 1. The summed E-state index contributed by atoms with van der Waals surface area (Å²) in [6, 6.07) is 7.53. The van der Waals surface area contributed by atoms with E-state index in [-0.39, 0.29) is 5.91 Å². The Bertz CT molecular complexity index is 581. The van der Waals surface area contributed by atoms with Crippen LogP contribution in [-0.4, -0.2) is 35.0 Å². The minimum atomic E-state index is -0.511. The third-order valence-electron chi connectivity index (χ3n) is 3.42. The van der Waals surface area contributed by atoms with E-state index < -0.39 is 6.04 Å². The van der Waals surface area contributed by atoms with Crippen LogP contribution in [-0.2, 0) is 11.2 Å². The first-order chi connectivity index (χ1) is 9.61.